The van der Waals surface area contributed by atoms with Crippen LogP contribution in [0.2, 0.25) is 0 Å². The number of hydrogen-bond acceptors (Lipinski definition) is 5. The Kier molecular flexibility index (Phi) is 4.29. The maximum Gasteiger partial charge on any atom is 0.265 e. The Morgan fingerprint density at radius 3 is 2.62 bits per heavy atom. The molecule has 5 nitrogen and oxygen atoms in total. The number of anilines is 1. The fourth-order valence-electron chi connectivity index (χ4n) is 2.25. The number of amides is 1. The number of nitrogens with one attached hydrogen (secondary N) is 1. The molecule has 124 valence electrons. The quantitative estimate of drug-likeness (QED) is 0.695. The Morgan fingerprint density at radius 2 is 1.92 bits per heavy atom. The first kappa shape index (κ1) is 16.5. The molecule has 2 N–H and O–H groups in total. The number of phenolic OH excluding ortho intramolecular Hbond substituents is 1. The summed E-state index contributed by atoms with van der Waals surface area (Å²) in [6, 6.07) is 13.2. The predicted octanol–water partition coefficient (Wildman–Crippen LogP) is 3.65. The van der Waals surface area contributed by atoms with Gasteiger partial charge in [0, 0.05) is 4.70 Å². The average molecular weight is 361 g/mol. The maximum atomic E-state index is 12.4. The second-order valence-corrected chi connectivity index (χ2v) is 8.55. The summed E-state index contributed by atoms with van der Waals surface area (Å²) in [6.45, 7) is 1.54. The second-order valence-electron chi connectivity index (χ2n) is 5.18. The van der Waals surface area contributed by atoms with Crippen molar-refractivity contribution in [3.8, 4) is 5.75 Å². The highest BCUT2D eigenvalue weighted by Gasteiger charge is 2.17. The van der Waals surface area contributed by atoms with Gasteiger partial charge >= 0.3 is 0 Å². The van der Waals surface area contributed by atoms with Crippen LogP contribution in [0.3, 0.4) is 0 Å². The van der Waals surface area contributed by atoms with Gasteiger partial charge in [0.1, 0.15) is 5.75 Å². The van der Waals surface area contributed by atoms with Gasteiger partial charge in [-0.25, -0.2) is 8.42 Å². The van der Waals surface area contributed by atoms with Crippen LogP contribution in [0, 0.1) is 0 Å². The molecule has 3 rings (SSSR count). The fourth-order valence-corrected chi connectivity index (χ4v) is 4.12. The van der Waals surface area contributed by atoms with E-state index in [1.807, 2.05) is 24.3 Å². The molecule has 24 heavy (non-hydrogen) atoms. The average Bonchev–Trinajstić information content (AvgIpc) is 3.01. The SMILES string of the molecule is CCS(=O)(=O)c1ccc(O)c(NC(=O)c2cc3ccccc3s2)c1. The summed E-state index contributed by atoms with van der Waals surface area (Å²) in [5.74, 6) is -0.626. The molecule has 1 aromatic heterocycles. The van der Waals surface area contributed by atoms with E-state index >= 15 is 0 Å². The van der Waals surface area contributed by atoms with Crippen LogP contribution in [0.25, 0.3) is 10.1 Å². The molecule has 1 amide bonds. The third kappa shape index (κ3) is 3.13. The van der Waals surface area contributed by atoms with Crippen molar-refractivity contribution in [3.63, 3.8) is 0 Å². The standard InChI is InChI=1S/C17H15NO4S2/c1-2-24(21,22)12-7-8-14(19)13(10-12)18-17(20)16-9-11-5-3-4-6-15(11)23-16/h3-10,19H,2H2,1H3,(H,18,20). The molecule has 0 unspecified atom stereocenters. The van der Waals surface area contributed by atoms with E-state index in [0.29, 0.717) is 4.88 Å². The third-order valence-electron chi connectivity index (χ3n) is 3.60. The van der Waals surface area contributed by atoms with Gasteiger partial charge in [0.2, 0.25) is 0 Å². The van der Waals surface area contributed by atoms with E-state index in [-0.39, 0.29) is 22.1 Å². The number of hydrogen-bond donors (Lipinski definition) is 2. The summed E-state index contributed by atoms with van der Waals surface area (Å²) < 4.78 is 24.9. The smallest absolute Gasteiger partial charge is 0.265 e. The number of benzene rings is 2. The predicted molar refractivity (Wildman–Crippen MR) is 95.6 cm³/mol. The molecule has 0 atom stereocenters. The molecular weight excluding hydrogens is 346 g/mol. The number of carbonyl (C=O) groups is 1. The summed E-state index contributed by atoms with van der Waals surface area (Å²) in [5, 5.41) is 13.4. The number of carbonyl (C=O) groups excluding carboxylic acids is 1. The largest absolute Gasteiger partial charge is 0.506 e. The van der Waals surface area contributed by atoms with Crippen LogP contribution in [0.5, 0.6) is 5.75 Å². The molecule has 0 aliphatic rings. The number of sulfone groups is 1. The zero-order chi connectivity index (χ0) is 17.3. The van der Waals surface area contributed by atoms with E-state index in [4.69, 9.17) is 0 Å². The van der Waals surface area contributed by atoms with E-state index in [1.54, 1.807) is 6.07 Å². The van der Waals surface area contributed by atoms with Gasteiger partial charge in [-0.3, -0.25) is 4.79 Å². The topological polar surface area (TPSA) is 83.5 Å². The minimum atomic E-state index is -3.42. The van der Waals surface area contributed by atoms with Gasteiger partial charge in [-0.2, -0.15) is 0 Å². The lowest BCUT2D eigenvalue weighted by Crippen LogP contribution is -2.11. The molecule has 0 saturated carbocycles. The van der Waals surface area contributed by atoms with Crippen LogP contribution in [-0.2, 0) is 9.84 Å². The number of phenols is 1. The van der Waals surface area contributed by atoms with Gasteiger partial charge in [0.05, 0.1) is 21.2 Å². The molecule has 0 saturated heterocycles. The fraction of sp³-hybridized carbons (Fsp3) is 0.118. The monoisotopic (exact) mass is 361 g/mol. The number of aromatic hydroxyl groups is 1. The lowest BCUT2D eigenvalue weighted by molar-refractivity contribution is 0.103. The zero-order valence-electron chi connectivity index (χ0n) is 12.8. The van der Waals surface area contributed by atoms with Gasteiger partial charge in [-0.15, -0.1) is 11.3 Å². The van der Waals surface area contributed by atoms with Crippen LogP contribution in [-0.4, -0.2) is 25.2 Å². The van der Waals surface area contributed by atoms with Gasteiger partial charge in [0.25, 0.3) is 5.91 Å². The highest BCUT2D eigenvalue weighted by atomic mass is 32.2. The molecule has 1 heterocycles. The zero-order valence-corrected chi connectivity index (χ0v) is 14.4. The minimum Gasteiger partial charge on any atom is -0.506 e. The van der Waals surface area contributed by atoms with Crippen LogP contribution in [0.15, 0.2) is 53.4 Å². The molecule has 0 fully saturated rings. The van der Waals surface area contributed by atoms with Crippen molar-refractivity contribution in [3.05, 3.63) is 53.4 Å². The Balaban J connectivity index is 1.92. The van der Waals surface area contributed by atoms with E-state index in [9.17, 15) is 18.3 Å². The Labute approximate surface area is 143 Å². The van der Waals surface area contributed by atoms with Gasteiger partial charge in [-0.1, -0.05) is 25.1 Å². The molecular formula is C17H15NO4S2. The van der Waals surface area contributed by atoms with Gasteiger partial charge in [-0.05, 0) is 35.7 Å². The van der Waals surface area contributed by atoms with Gasteiger partial charge < -0.3 is 10.4 Å². The van der Waals surface area contributed by atoms with Crippen molar-refractivity contribution < 1.29 is 18.3 Å². The molecule has 2 aromatic carbocycles. The molecule has 3 aromatic rings. The normalized spacial score (nSPS) is 11.5. The Morgan fingerprint density at radius 1 is 1.17 bits per heavy atom. The molecule has 0 radical (unpaired) electrons. The maximum absolute atomic E-state index is 12.4. The summed E-state index contributed by atoms with van der Waals surface area (Å²) in [4.78, 5) is 13.0. The Bertz CT molecular complexity index is 989. The second kappa shape index (κ2) is 6.26. The van der Waals surface area contributed by atoms with Crippen LogP contribution in [0.4, 0.5) is 5.69 Å². The Hall–Kier alpha value is -2.38. The van der Waals surface area contributed by atoms with Crippen LogP contribution < -0.4 is 5.32 Å². The van der Waals surface area contributed by atoms with Crippen molar-refractivity contribution in [2.45, 2.75) is 11.8 Å². The van der Waals surface area contributed by atoms with E-state index in [0.717, 1.165) is 10.1 Å². The number of thiophene rings is 1. The third-order valence-corrected chi connectivity index (χ3v) is 6.45. The van der Waals surface area contributed by atoms with Crippen LogP contribution in [0.1, 0.15) is 16.6 Å². The van der Waals surface area contributed by atoms with E-state index in [1.165, 1.54) is 36.5 Å². The van der Waals surface area contributed by atoms with Crippen molar-refractivity contribution >= 4 is 42.9 Å². The minimum absolute atomic E-state index is 0.0541. The molecule has 0 aliphatic carbocycles. The van der Waals surface area contributed by atoms with Crippen molar-refractivity contribution in [1.82, 2.24) is 0 Å². The van der Waals surface area contributed by atoms with Crippen molar-refractivity contribution in [2.75, 3.05) is 11.1 Å². The summed E-state index contributed by atoms with van der Waals surface area (Å²) in [6.07, 6.45) is 0. The van der Waals surface area contributed by atoms with Crippen molar-refractivity contribution in [1.29, 1.82) is 0 Å². The molecule has 0 bridgehead atoms. The highest BCUT2D eigenvalue weighted by molar-refractivity contribution is 7.91. The van der Waals surface area contributed by atoms with Crippen molar-refractivity contribution in [2.24, 2.45) is 0 Å². The van der Waals surface area contributed by atoms with Gasteiger partial charge in [0.15, 0.2) is 9.84 Å². The summed E-state index contributed by atoms with van der Waals surface area (Å²) >= 11 is 1.33. The van der Waals surface area contributed by atoms with Crippen LogP contribution >= 0.6 is 11.3 Å². The van der Waals surface area contributed by atoms with E-state index in [2.05, 4.69) is 5.32 Å². The summed E-state index contributed by atoms with van der Waals surface area (Å²) in [7, 11) is -3.42. The molecule has 0 aliphatic heterocycles. The molecule has 7 heteroatoms. The van der Waals surface area contributed by atoms with E-state index < -0.39 is 15.7 Å². The first-order valence-electron chi connectivity index (χ1n) is 7.26. The number of rotatable bonds is 4. The first-order valence-corrected chi connectivity index (χ1v) is 9.73. The first-order chi connectivity index (χ1) is 11.4. The lowest BCUT2D eigenvalue weighted by Gasteiger charge is -2.09. The highest BCUT2D eigenvalue weighted by Crippen LogP contribution is 2.30. The summed E-state index contributed by atoms with van der Waals surface area (Å²) in [5.41, 5.74) is 0.0759. The lowest BCUT2D eigenvalue weighted by atomic mass is 10.2. The molecule has 0 spiro atoms. The number of fused-ring (bicyclic) bond motifs is 1.